The van der Waals surface area contributed by atoms with Crippen LogP contribution >= 0.6 is 0 Å². The minimum atomic E-state index is -0.0501. The quantitative estimate of drug-likeness (QED) is 0.534. The molecule has 0 fully saturated rings. The number of carbonyl (C=O) groups is 1. The lowest BCUT2D eigenvalue weighted by Gasteiger charge is -2.12. The summed E-state index contributed by atoms with van der Waals surface area (Å²) in [5.74, 6) is 0.384. The van der Waals surface area contributed by atoms with Crippen molar-refractivity contribution in [1.29, 1.82) is 0 Å². The Balaban J connectivity index is 2.68. The van der Waals surface area contributed by atoms with Crippen molar-refractivity contribution in [2.75, 3.05) is 0 Å². The van der Waals surface area contributed by atoms with Crippen LogP contribution in [0.1, 0.15) is 56.5 Å². The molecule has 1 amide bonds. The molecule has 1 aromatic carbocycles. The fourth-order valence-corrected chi connectivity index (χ4v) is 1.80. The summed E-state index contributed by atoms with van der Waals surface area (Å²) in [6.07, 6.45) is 1.90. The Morgan fingerprint density at radius 2 is 1.82 bits per heavy atom. The normalized spacial score (nSPS) is 14.3. The molecular formula is C17H28N4O. The van der Waals surface area contributed by atoms with Gasteiger partial charge in [-0.25, -0.2) is 4.99 Å². The van der Waals surface area contributed by atoms with Gasteiger partial charge in [-0.15, -0.1) is 0 Å². The maximum Gasteiger partial charge on any atom is 0.251 e. The van der Waals surface area contributed by atoms with Gasteiger partial charge in [0.1, 0.15) is 0 Å². The summed E-state index contributed by atoms with van der Waals surface area (Å²) < 4.78 is 0. The van der Waals surface area contributed by atoms with Crippen molar-refractivity contribution in [2.24, 2.45) is 10.7 Å². The number of hydrogen-bond acceptors (Lipinski definition) is 2. The highest BCUT2D eigenvalue weighted by Gasteiger charge is 2.08. The van der Waals surface area contributed by atoms with Crippen LogP contribution in [-0.4, -0.2) is 24.0 Å². The summed E-state index contributed by atoms with van der Waals surface area (Å²) in [5, 5.41) is 6.08. The number of nitrogens with zero attached hydrogens (tertiary/aromatic N) is 1. The van der Waals surface area contributed by atoms with E-state index in [9.17, 15) is 4.79 Å². The van der Waals surface area contributed by atoms with E-state index in [1.54, 1.807) is 0 Å². The first-order valence-corrected chi connectivity index (χ1v) is 7.92. The number of nitrogens with two attached hydrogens (primary N) is 1. The maximum absolute atomic E-state index is 12.1. The van der Waals surface area contributed by atoms with Crippen molar-refractivity contribution < 1.29 is 4.79 Å². The summed E-state index contributed by atoms with van der Waals surface area (Å²) in [6.45, 7) is 8.64. The van der Waals surface area contributed by atoms with E-state index < -0.39 is 0 Å². The van der Waals surface area contributed by atoms with Crippen LogP contribution in [0.15, 0.2) is 29.3 Å². The Labute approximate surface area is 133 Å². The second-order valence-corrected chi connectivity index (χ2v) is 5.64. The minimum Gasteiger partial charge on any atom is -0.370 e. The highest BCUT2D eigenvalue weighted by Crippen LogP contribution is 2.07. The zero-order valence-electron chi connectivity index (χ0n) is 14.0. The molecule has 2 unspecified atom stereocenters. The van der Waals surface area contributed by atoms with Gasteiger partial charge in [0.05, 0.1) is 6.54 Å². The van der Waals surface area contributed by atoms with Gasteiger partial charge in [0, 0.05) is 17.6 Å². The zero-order chi connectivity index (χ0) is 16.5. The molecule has 4 N–H and O–H groups in total. The molecular weight excluding hydrogens is 276 g/mol. The van der Waals surface area contributed by atoms with Gasteiger partial charge in [0.25, 0.3) is 5.91 Å². The van der Waals surface area contributed by atoms with Crippen LogP contribution in [0, 0.1) is 0 Å². The number of guanidine groups is 1. The van der Waals surface area contributed by atoms with E-state index in [4.69, 9.17) is 5.73 Å². The second-order valence-electron chi connectivity index (χ2n) is 5.64. The Bertz CT molecular complexity index is 513. The number of rotatable bonds is 7. The monoisotopic (exact) mass is 304 g/mol. The largest absolute Gasteiger partial charge is 0.370 e. The van der Waals surface area contributed by atoms with Crippen molar-refractivity contribution in [3.63, 3.8) is 0 Å². The average molecular weight is 304 g/mol. The third-order valence-corrected chi connectivity index (χ3v) is 3.62. The third kappa shape index (κ3) is 6.16. The SMILES string of the molecule is CCC(C)NC(=O)c1cccc(CN=C(N)NC(C)CC)c1. The molecule has 1 rings (SSSR count). The van der Waals surface area contributed by atoms with Crippen LogP contribution in [-0.2, 0) is 6.54 Å². The standard InChI is InChI=1S/C17H28N4O/c1-5-12(3)20-16(22)15-9-7-8-14(10-15)11-19-17(18)21-13(4)6-2/h7-10,12-13H,5-6,11H2,1-4H3,(H,20,22)(H3,18,19,21). The van der Waals surface area contributed by atoms with Crippen molar-refractivity contribution >= 4 is 11.9 Å². The van der Waals surface area contributed by atoms with Crippen molar-refractivity contribution in [2.45, 2.75) is 59.2 Å². The van der Waals surface area contributed by atoms with Gasteiger partial charge in [-0.05, 0) is 44.4 Å². The first kappa shape index (κ1) is 18.0. The van der Waals surface area contributed by atoms with Crippen LogP contribution in [0.5, 0.6) is 0 Å². The Hall–Kier alpha value is -2.04. The van der Waals surface area contributed by atoms with E-state index in [1.807, 2.05) is 38.1 Å². The van der Waals surface area contributed by atoms with Gasteiger partial charge in [0.15, 0.2) is 5.96 Å². The summed E-state index contributed by atoms with van der Waals surface area (Å²) in [4.78, 5) is 16.4. The molecule has 0 aromatic heterocycles. The minimum absolute atomic E-state index is 0.0501. The summed E-state index contributed by atoms with van der Waals surface area (Å²) in [5.41, 5.74) is 7.46. The average Bonchev–Trinajstić information content (AvgIpc) is 2.52. The molecule has 2 atom stereocenters. The third-order valence-electron chi connectivity index (χ3n) is 3.62. The number of hydrogen-bond donors (Lipinski definition) is 3. The lowest BCUT2D eigenvalue weighted by molar-refractivity contribution is 0.0939. The predicted molar refractivity (Wildman–Crippen MR) is 91.9 cm³/mol. The first-order valence-electron chi connectivity index (χ1n) is 7.92. The predicted octanol–water partition coefficient (Wildman–Crippen LogP) is 2.42. The Kier molecular flexibility index (Phi) is 7.43. The molecule has 22 heavy (non-hydrogen) atoms. The van der Waals surface area contributed by atoms with Gasteiger partial charge >= 0.3 is 0 Å². The molecule has 0 aliphatic carbocycles. The first-order chi connectivity index (χ1) is 10.5. The van der Waals surface area contributed by atoms with E-state index in [0.29, 0.717) is 24.1 Å². The summed E-state index contributed by atoms with van der Waals surface area (Å²) in [7, 11) is 0. The van der Waals surface area contributed by atoms with Crippen LogP contribution < -0.4 is 16.4 Å². The van der Waals surface area contributed by atoms with Crippen molar-refractivity contribution in [3.8, 4) is 0 Å². The van der Waals surface area contributed by atoms with Crippen LogP contribution in [0.2, 0.25) is 0 Å². The van der Waals surface area contributed by atoms with Gasteiger partial charge in [-0.2, -0.15) is 0 Å². The van der Waals surface area contributed by atoms with E-state index in [-0.39, 0.29) is 11.9 Å². The summed E-state index contributed by atoms with van der Waals surface area (Å²) >= 11 is 0. The molecule has 122 valence electrons. The summed E-state index contributed by atoms with van der Waals surface area (Å²) in [6, 6.07) is 7.96. The molecule has 1 aromatic rings. The molecule has 0 heterocycles. The smallest absolute Gasteiger partial charge is 0.251 e. The van der Waals surface area contributed by atoms with Crippen LogP contribution in [0.3, 0.4) is 0 Å². The van der Waals surface area contributed by atoms with E-state index >= 15 is 0 Å². The zero-order valence-corrected chi connectivity index (χ0v) is 14.0. The van der Waals surface area contributed by atoms with Crippen LogP contribution in [0.25, 0.3) is 0 Å². The molecule has 5 heteroatoms. The number of nitrogens with one attached hydrogen (secondary N) is 2. The van der Waals surface area contributed by atoms with Gasteiger partial charge in [-0.1, -0.05) is 26.0 Å². The van der Waals surface area contributed by atoms with Gasteiger partial charge < -0.3 is 16.4 Å². The molecule has 0 bridgehead atoms. The number of aliphatic imine (C=N–C) groups is 1. The molecule has 0 saturated carbocycles. The molecule has 0 saturated heterocycles. The van der Waals surface area contributed by atoms with Crippen molar-refractivity contribution in [3.05, 3.63) is 35.4 Å². The number of carbonyl (C=O) groups excluding carboxylic acids is 1. The Morgan fingerprint density at radius 3 is 2.45 bits per heavy atom. The van der Waals surface area contributed by atoms with Crippen molar-refractivity contribution in [1.82, 2.24) is 10.6 Å². The lowest BCUT2D eigenvalue weighted by Crippen LogP contribution is -2.38. The Morgan fingerprint density at radius 1 is 1.18 bits per heavy atom. The molecule has 5 nitrogen and oxygen atoms in total. The highest BCUT2D eigenvalue weighted by molar-refractivity contribution is 5.94. The molecule has 0 radical (unpaired) electrons. The molecule has 0 spiro atoms. The van der Waals surface area contributed by atoms with E-state index in [1.165, 1.54) is 0 Å². The molecule has 0 aliphatic heterocycles. The number of benzene rings is 1. The molecule has 0 aliphatic rings. The fourth-order valence-electron chi connectivity index (χ4n) is 1.80. The van der Waals surface area contributed by atoms with Crippen LogP contribution in [0.4, 0.5) is 0 Å². The van der Waals surface area contributed by atoms with Gasteiger partial charge in [-0.3, -0.25) is 4.79 Å². The maximum atomic E-state index is 12.1. The topological polar surface area (TPSA) is 79.5 Å². The fraction of sp³-hybridized carbons (Fsp3) is 0.529. The second kappa shape index (κ2) is 9.07. The van der Waals surface area contributed by atoms with E-state index in [2.05, 4.69) is 29.5 Å². The number of amides is 1. The van der Waals surface area contributed by atoms with E-state index in [0.717, 1.165) is 18.4 Å². The lowest BCUT2D eigenvalue weighted by atomic mass is 10.1. The van der Waals surface area contributed by atoms with Gasteiger partial charge in [0.2, 0.25) is 0 Å². The highest BCUT2D eigenvalue weighted by atomic mass is 16.1.